The van der Waals surface area contributed by atoms with Crippen LogP contribution in [0.15, 0.2) is 6.07 Å². The normalized spacial score (nSPS) is 24.0. The van der Waals surface area contributed by atoms with E-state index in [1.54, 1.807) is 4.90 Å². The lowest BCUT2D eigenvalue weighted by atomic mass is 10.00. The lowest BCUT2D eigenvalue weighted by Crippen LogP contribution is -2.49. The van der Waals surface area contributed by atoms with Gasteiger partial charge in [0.25, 0.3) is 11.8 Å². The third-order valence-corrected chi connectivity index (χ3v) is 5.40. The number of carbonyl (C=O) groups is 3. The van der Waals surface area contributed by atoms with Gasteiger partial charge in [-0.25, -0.2) is 4.79 Å². The molecule has 1 aromatic heterocycles. The maximum absolute atomic E-state index is 12.6. The smallest absolute Gasteiger partial charge is 0.322 e. The summed E-state index contributed by atoms with van der Waals surface area (Å²) in [5.41, 5.74) is 0.280. The van der Waals surface area contributed by atoms with Gasteiger partial charge >= 0.3 is 6.03 Å². The first-order valence-electron chi connectivity index (χ1n) is 7.47. The molecule has 4 amide bonds. The van der Waals surface area contributed by atoms with Gasteiger partial charge in [0.1, 0.15) is 5.54 Å². The highest BCUT2D eigenvalue weighted by atomic mass is 32.1. The van der Waals surface area contributed by atoms with Crippen LogP contribution in [0.1, 0.15) is 39.9 Å². The summed E-state index contributed by atoms with van der Waals surface area (Å²) in [7, 11) is 0. The van der Waals surface area contributed by atoms with E-state index in [0.29, 0.717) is 17.8 Å². The van der Waals surface area contributed by atoms with Crippen molar-refractivity contribution in [3.05, 3.63) is 21.4 Å². The van der Waals surface area contributed by atoms with Crippen LogP contribution in [0.5, 0.6) is 0 Å². The second-order valence-electron chi connectivity index (χ2n) is 5.91. The molecule has 1 spiro atoms. The molecule has 0 bridgehead atoms. The zero-order valence-corrected chi connectivity index (χ0v) is 13.5. The van der Waals surface area contributed by atoms with Crippen molar-refractivity contribution in [2.24, 2.45) is 0 Å². The number of imide groups is 1. The minimum Gasteiger partial charge on any atom is -0.335 e. The molecule has 2 fully saturated rings. The molecule has 0 radical (unpaired) electrons. The van der Waals surface area contributed by atoms with E-state index < -0.39 is 11.6 Å². The number of thiophene rings is 1. The molecule has 1 atom stereocenters. The fourth-order valence-electron chi connectivity index (χ4n) is 3.10. The van der Waals surface area contributed by atoms with Crippen LogP contribution in [0, 0.1) is 6.92 Å². The third kappa shape index (κ3) is 2.39. The highest BCUT2D eigenvalue weighted by molar-refractivity contribution is 7.14. The molecule has 2 aliphatic rings. The topological polar surface area (TPSA) is 78.5 Å². The van der Waals surface area contributed by atoms with E-state index in [0.717, 1.165) is 12.8 Å². The number of likely N-dealkylation sites (tertiary alicyclic amines) is 1. The minimum atomic E-state index is -0.939. The molecule has 118 valence electrons. The molecule has 3 heterocycles. The number of nitrogens with zero attached hydrogens (tertiary/aromatic N) is 1. The Morgan fingerprint density at radius 1 is 1.45 bits per heavy atom. The van der Waals surface area contributed by atoms with Crippen molar-refractivity contribution in [2.75, 3.05) is 13.1 Å². The Kier molecular flexibility index (Phi) is 3.68. The monoisotopic (exact) mass is 321 g/mol. The van der Waals surface area contributed by atoms with Crippen LogP contribution >= 0.6 is 11.3 Å². The molecule has 2 saturated heterocycles. The molecular formula is C15H19N3O3S. The summed E-state index contributed by atoms with van der Waals surface area (Å²) in [5, 5.41) is 4.92. The molecule has 7 heteroatoms. The van der Waals surface area contributed by atoms with Gasteiger partial charge in [0.15, 0.2) is 0 Å². The van der Waals surface area contributed by atoms with E-state index in [2.05, 4.69) is 17.6 Å². The maximum Gasteiger partial charge on any atom is 0.322 e. The Morgan fingerprint density at radius 2 is 2.23 bits per heavy atom. The average molecular weight is 321 g/mol. The van der Waals surface area contributed by atoms with Crippen molar-refractivity contribution in [1.82, 2.24) is 15.5 Å². The number of hydrogen-bond acceptors (Lipinski definition) is 4. The summed E-state index contributed by atoms with van der Waals surface area (Å²) in [4.78, 5) is 39.4. The molecular weight excluding hydrogens is 302 g/mol. The number of carbonyl (C=O) groups excluding carboxylic acids is 3. The minimum absolute atomic E-state index is 0.0544. The number of rotatable bonds is 3. The molecule has 0 aromatic carbocycles. The Balaban J connectivity index is 1.76. The number of hydrogen-bond donors (Lipinski definition) is 2. The summed E-state index contributed by atoms with van der Waals surface area (Å²) in [6.07, 6.45) is 2.48. The maximum atomic E-state index is 12.6. The van der Waals surface area contributed by atoms with Gasteiger partial charge in [-0.2, -0.15) is 0 Å². The first-order chi connectivity index (χ1) is 10.4. The highest BCUT2D eigenvalue weighted by Gasteiger charge is 2.51. The molecule has 22 heavy (non-hydrogen) atoms. The molecule has 6 nitrogen and oxygen atoms in total. The summed E-state index contributed by atoms with van der Waals surface area (Å²) in [6.45, 7) is 4.86. The van der Waals surface area contributed by atoms with Crippen molar-refractivity contribution in [1.29, 1.82) is 0 Å². The van der Waals surface area contributed by atoms with Crippen molar-refractivity contribution in [3.8, 4) is 0 Å². The van der Waals surface area contributed by atoms with Crippen LogP contribution < -0.4 is 10.6 Å². The lowest BCUT2D eigenvalue weighted by molar-refractivity contribution is -0.123. The second-order valence-corrected chi connectivity index (χ2v) is 7.17. The molecule has 3 rings (SSSR count). The van der Waals surface area contributed by atoms with Crippen LogP contribution in [-0.2, 0) is 11.2 Å². The molecule has 0 saturated carbocycles. The average Bonchev–Trinajstić information content (AvgIpc) is 3.11. The van der Waals surface area contributed by atoms with Gasteiger partial charge in [0.05, 0.1) is 11.4 Å². The van der Waals surface area contributed by atoms with Gasteiger partial charge in [-0.3, -0.25) is 14.9 Å². The largest absolute Gasteiger partial charge is 0.335 e. The van der Waals surface area contributed by atoms with E-state index in [-0.39, 0.29) is 18.4 Å². The van der Waals surface area contributed by atoms with Crippen molar-refractivity contribution in [2.45, 2.75) is 38.6 Å². The predicted molar refractivity (Wildman–Crippen MR) is 83.0 cm³/mol. The van der Waals surface area contributed by atoms with E-state index >= 15 is 0 Å². The summed E-state index contributed by atoms with van der Waals surface area (Å²) < 4.78 is 0. The van der Waals surface area contributed by atoms with Crippen molar-refractivity contribution >= 4 is 29.2 Å². The molecule has 1 aromatic rings. The first kappa shape index (κ1) is 15.0. The molecule has 0 aliphatic carbocycles. The molecule has 2 aliphatic heterocycles. The number of nitrogens with one attached hydrogen (secondary N) is 2. The SMILES string of the molecule is CCCc1cc(C(=O)N2CC[C@]3(C2)NC(=O)NC3=O)sc1C. The van der Waals surface area contributed by atoms with Crippen LogP contribution in [-0.4, -0.2) is 41.4 Å². The number of amides is 4. The number of aryl methyl sites for hydroxylation is 2. The van der Waals surface area contributed by atoms with Crippen molar-refractivity contribution < 1.29 is 14.4 Å². The van der Waals surface area contributed by atoms with Crippen LogP contribution in [0.3, 0.4) is 0 Å². The van der Waals surface area contributed by atoms with Crippen molar-refractivity contribution in [3.63, 3.8) is 0 Å². The fourth-order valence-corrected chi connectivity index (χ4v) is 4.14. The van der Waals surface area contributed by atoms with Gasteiger partial charge in [-0.15, -0.1) is 11.3 Å². The van der Waals surface area contributed by atoms with E-state index in [9.17, 15) is 14.4 Å². The van der Waals surface area contributed by atoms with Gasteiger partial charge in [0.2, 0.25) is 0 Å². The highest BCUT2D eigenvalue weighted by Crippen LogP contribution is 2.29. The Labute approximate surface area is 132 Å². The predicted octanol–water partition coefficient (Wildman–Crippen LogP) is 1.43. The summed E-state index contributed by atoms with van der Waals surface area (Å²) in [6, 6.07) is 1.49. The Hall–Kier alpha value is -1.89. The van der Waals surface area contributed by atoms with E-state index in [1.807, 2.05) is 13.0 Å². The third-order valence-electron chi connectivity index (χ3n) is 4.32. The van der Waals surface area contributed by atoms with Gasteiger partial charge < -0.3 is 10.2 Å². The summed E-state index contributed by atoms with van der Waals surface area (Å²) >= 11 is 1.50. The van der Waals surface area contributed by atoms with E-state index in [4.69, 9.17) is 0 Å². The van der Waals surface area contributed by atoms with Gasteiger partial charge in [-0.1, -0.05) is 13.3 Å². The zero-order chi connectivity index (χ0) is 15.9. The lowest BCUT2D eigenvalue weighted by Gasteiger charge is -2.20. The Bertz CT molecular complexity index is 654. The number of urea groups is 1. The van der Waals surface area contributed by atoms with Gasteiger partial charge in [0, 0.05) is 11.4 Å². The molecule has 0 unspecified atom stereocenters. The van der Waals surface area contributed by atoms with E-state index in [1.165, 1.54) is 21.8 Å². The van der Waals surface area contributed by atoms with Crippen LogP contribution in [0.4, 0.5) is 4.79 Å². The standard InChI is InChI=1S/C15H19N3O3S/c1-3-4-10-7-11(22-9(10)2)12(19)18-6-5-15(8-18)13(20)16-14(21)17-15/h7H,3-6,8H2,1-2H3,(H2,16,17,20,21)/t15-/m1/s1. The summed E-state index contributed by atoms with van der Waals surface area (Å²) in [5.74, 6) is -0.386. The second kappa shape index (κ2) is 5.39. The Morgan fingerprint density at radius 3 is 2.86 bits per heavy atom. The quantitative estimate of drug-likeness (QED) is 0.827. The van der Waals surface area contributed by atoms with Crippen LogP contribution in [0.25, 0.3) is 0 Å². The zero-order valence-electron chi connectivity index (χ0n) is 12.7. The first-order valence-corrected chi connectivity index (χ1v) is 8.29. The van der Waals surface area contributed by atoms with Crippen LogP contribution in [0.2, 0.25) is 0 Å². The molecule has 2 N–H and O–H groups in total. The fraction of sp³-hybridized carbons (Fsp3) is 0.533. The van der Waals surface area contributed by atoms with Gasteiger partial charge in [-0.05, 0) is 31.4 Å².